The fourth-order valence-electron chi connectivity index (χ4n) is 4.19. The molecule has 1 saturated heterocycles. The lowest BCUT2D eigenvalue weighted by molar-refractivity contribution is -0.127. The van der Waals surface area contributed by atoms with Crippen molar-refractivity contribution >= 4 is 15.9 Å². The molecule has 0 aromatic heterocycles. The number of benzene rings is 1. The second-order valence-corrected chi connectivity index (χ2v) is 9.90. The summed E-state index contributed by atoms with van der Waals surface area (Å²) in [7, 11) is -3.50. The third-order valence-electron chi connectivity index (χ3n) is 6.23. The molecule has 1 saturated carbocycles. The van der Waals surface area contributed by atoms with Gasteiger partial charge in [0.1, 0.15) is 0 Å². The van der Waals surface area contributed by atoms with Crippen LogP contribution < -0.4 is 11.1 Å². The number of carbonyl (C=O) groups excluding carboxylic acids is 1. The number of aryl methyl sites for hydroxylation is 2. The predicted molar refractivity (Wildman–Crippen MR) is 106 cm³/mol. The van der Waals surface area contributed by atoms with Crippen LogP contribution in [0.15, 0.2) is 23.1 Å². The van der Waals surface area contributed by atoms with Crippen LogP contribution in [0.1, 0.15) is 43.2 Å². The molecule has 2 aliphatic rings. The molecule has 1 aromatic rings. The summed E-state index contributed by atoms with van der Waals surface area (Å²) in [5.74, 6) is 0.318. The smallest absolute Gasteiger partial charge is 0.243 e. The molecule has 0 radical (unpaired) electrons. The lowest BCUT2D eigenvalue weighted by Crippen LogP contribution is -2.46. The van der Waals surface area contributed by atoms with Crippen molar-refractivity contribution in [2.75, 3.05) is 19.6 Å². The van der Waals surface area contributed by atoms with Crippen molar-refractivity contribution in [2.24, 2.45) is 17.6 Å². The number of carbonyl (C=O) groups is 1. The Bertz CT molecular complexity index is 786. The molecular weight excluding hydrogens is 362 g/mol. The first-order valence-electron chi connectivity index (χ1n) is 9.90. The van der Waals surface area contributed by atoms with Gasteiger partial charge in [-0.1, -0.05) is 12.5 Å². The molecule has 3 rings (SSSR count). The molecule has 0 spiro atoms. The molecule has 7 heteroatoms. The molecule has 0 bridgehead atoms. The van der Waals surface area contributed by atoms with Gasteiger partial charge in [-0.15, -0.1) is 0 Å². The zero-order valence-electron chi connectivity index (χ0n) is 16.3. The minimum Gasteiger partial charge on any atom is -0.353 e. The number of nitrogens with one attached hydrogen (secondary N) is 1. The van der Waals surface area contributed by atoms with E-state index in [4.69, 9.17) is 5.73 Å². The Morgan fingerprint density at radius 2 is 1.85 bits per heavy atom. The van der Waals surface area contributed by atoms with Crippen LogP contribution in [-0.4, -0.2) is 44.3 Å². The third kappa shape index (κ3) is 4.36. The highest BCUT2D eigenvalue weighted by Crippen LogP contribution is 2.28. The number of rotatable bonds is 5. The normalized spacial score (nSPS) is 24.9. The first-order chi connectivity index (χ1) is 12.8. The summed E-state index contributed by atoms with van der Waals surface area (Å²) < 4.78 is 27.3. The van der Waals surface area contributed by atoms with Crippen LogP contribution in [0.3, 0.4) is 0 Å². The maximum Gasteiger partial charge on any atom is 0.243 e. The fraction of sp³-hybridized carbons (Fsp3) is 0.650. The first-order valence-corrected chi connectivity index (χ1v) is 11.3. The van der Waals surface area contributed by atoms with Crippen molar-refractivity contribution in [1.82, 2.24) is 9.62 Å². The fourth-order valence-corrected chi connectivity index (χ4v) is 5.75. The average Bonchev–Trinajstić information content (AvgIpc) is 3.11. The molecule has 1 heterocycles. The van der Waals surface area contributed by atoms with Crippen molar-refractivity contribution in [3.63, 3.8) is 0 Å². The van der Waals surface area contributed by atoms with Gasteiger partial charge in [0.15, 0.2) is 0 Å². The van der Waals surface area contributed by atoms with Crippen LogP contribution in [0, 0.1) is 25.7 Å². The Labute approximate surface area is 162 Å². The van der Waals surface area contributed by atoms with Crippen LogP contribution in [-0.2, 0) is 14.8 Å². The summed E-state index contributed by atoms with van der Waals surface area (Å²) in [6.45, 7) is 5.27. The molecule has 27 heavy (non-hydrogen) atoms. The quantitative estimate of drug-likeness (QED) is 0.800. The second-order valence-electron chi connectivity index (χ2n) is 7.97. The van der Waals surface area contributed by atoms with E-state index < -0.39 is 10.0 Å². The highest BCUT2D eigenvalue weighted by Gasteiger charge is 2.34. The molecule has 2 atom stereocenters. The molecule has 1 aliphatic carbocycles. The van der Waals surface area contributed by atoms with E-state index >= 15 is 0 Å². The van der Waals surface area contributed by atoms with Crippen molar-refractivity contribution in [2.45, 2.75) is 56.9 Å². The van der Waals surface area contributed by atoms with E-state index in [1.807, 2.05) is 19.9 Å². The standard InChI is InChI=1S/C20H31N3O3S/c1-14-6-7-18(12-15(14)2)27(25,26)23-10-8-16(9-11-23)20(24)22-19-5-3-4-17(19)13-21/h6-7,12,16-17,19H,3-5,8-11,13,21H2,1-2H3,(H,22,24). The predicted octanol–water partition coefficient (Wildman–Crippen LogP) is 1.95. The highest BCUT2D eigenvalue weighted by molar-refractivity contribution is 7.89. The number of hydrogen-bond donors (Lipinski definition) is 2. The Morgan fingerprint density at radius 3 is 2.48 bits per heavy atom. The lowest BCUT2D eigenvalue weighted by atomic mass is 9.95. The highest BCUT2D eigenvalue weighted by atomic mass is 32.2. The Hall–Kier alpha value is -1.44. The van der Waals surface area contributed by atoms with Crippen LogP contribution >= 0.6 is 0 Å². The van der Waals surface area contributed by atoms with Crippen molar-refractivity contribution in [3.05, 3.63) is 29.3 Å². The lowest BCUT2D eigenvalue weighted by Gasteiger charge is -2.31. The van der Waals surface area contributed by atoms with E-state index in [1.54, 1.807) is 12.1 Å². The monoisotopic (exact) mass is 393 g/mol. The number of amides is 1. The van der Waals surface area contributed by atoms with E-state index in [0.717, 1.165) is 30.4 Å². The van der Waals surface area contributed by atoms with E-state index in [2.05, 4.69) is 5.32 Å². The number of hydrogen-bond acceptors (Lipinski definition) is 4. The summed E-state index contributed by atoms with van der Waals surface area (Å²) in [5, 5.41) is 3.16. The molecule has 3 N–H and O–H groups in total. The van der Waals surface area contributed by atoms with Gasteiger partial charge in [0.25, 0.3) is 0 Å². The second kappa shape index (κ2) is 8.29. The van der Waals surface area contributed by atoms with Gasteiger partial charge >= 0.3 is 0 Å². The molecule has 2 unspecified atom stereocenters. The molecular formula is C20H31N3O3S. The average molecular weight is 394 g/mol. The van der Waals surface area contributed by atoms with Gasteiger partial charge < -0.3 is 11.1 Å². The number of piperidine rings is 1. The summed E-state index contributed by atoms with van der Waals surface area (Å²) >= 11 is 0. The maximum absolute atomic E-state index is 12.9. The van der Waals surface area contributed by atoms with Gasteiger partial charge in [-0.25, -0.2) is 8.42 Å². The molecule has 2 fully saturated rings. The Balaban J connectivity index is 1.59. The number of nitrogens with zero attached hydrogens (tertiary/aromatic N) is 1. The Morgan fingerprint density at radius 1 is 1.15 bits per heavy atom. The van der Waals surface area contributed by atoms with Crippen LogP contribution in [0.5, 0.6) is 0 Å². The molecule has 1 aliphatic heterocycles. The van der Waals surface area contributed by atoms with Crippen LogP contribution in [0.25, 0.3) is 0 Å². The molecule has 1 aromatic carbocycles. The number of sulfonamides is 1. The zero-order chi connectivity index (χ0) is 19.6. The van der Waals surface area contributed by atoms with Gasteiger partial charge in [-0.05, 0) is 75.3 Å². The van der Waals surface area contributed by atoms with Crippen molar-refractivity contribution < 1.29 is 13.2 Å². The molecule has 6 nitrogen and oxygen atoms in total. The van der Waals surface area contributed by atoms with Crippen LogP contribution in [0.4, 0.5) is 0 Å². The van der Waals surface area contributed by atoms with Gasteiger partial charge in [0.05, 0.1) is 4.90 Å². The van der Waals surface area contributed by atoms with E-state index in [1.165, 1.54) is 4.31 Å². The summed E-state index contributed by atoms with van der Waals surface area (Å²) in [5.41, 5.74) is 7.84. The largest absolute Gasteiger partial charge is 0.353 e. The topological polar surface area (TPSA) is 92.5 Å². The van der Waals surface area contributed by atoms with E-state index in [-0.39, 0.29) is 17.9 Å². The van der Waals surface area contributed by atoms with Gasteiger partial charge in [-0.3, -0.25) is 4.79 Å². The van der Waals surface area contributed by atoms with Crippen molar-refractivity contribution in [3.8, 4) is 0 Å². The Kier molecular flexibility index (Phi) is 6.23. The first kappa shape index (κ1) is 20.3. The van der Waals surface area contributed by atoms with E-state index in [9.17, 15) is 13.2 Å². The van der Waals surface area contributed by atoms with Gasteiger partial charge in [0, 0.05) is 25.0 Å². The number of nitrogens with two attached hydrogens (primary N) is 1. The SMILES string of the molecule is Cc1ccc(S(=O)(=O)N2CCC(C(=O)NC3CCCC3CN)CC2)cc1C. The summed E-state index contributed by atoms with van der Waals surface area (Å²) in [6, 6.07) is 5.43. The maximum atomic E-state index is 12.9. The summed E-state index contributed by atoms with van der Waals surface area (Å²) in [6.07, 6.45) is 4.31. The molecule has 150 valence electrons. The summed E-state index contributed by atoms with van der Waals surface area (Å²) in [4.78, 5) is 12.9. The van der Waals surface area contributed by atoms with Crippen molar-refractivity contribution in [1.29, 1.82) is 0 Å². The van der Waals surface area contributed by atoms with Gasteiger partial charge in [-0.2, -0.15) is 4.31 Å². The van der Waals surface area contributed by atoms with Gasteiger partial charge in [0.2, 0.25) is 15.9 Å². The minimum absolute atomic E-state index is 0.0589. The van der Waals surface area contributed by atoms with Crippen LogP contribution in [0.2, 0.25) is 0 Å². The van der Waals surface area contributed by atoms with E-state index in [0.29, 0.717) is 43.3 Å². The third-order valence-corrected chi connectivity index (χ3v) is 8.12. The minimum atomic E-state index is -3.50. The molecule has 1 amide bonds. The zero-order valence-corrected chi connectivity index (χ0v) is 17.1.